The van der Waals surface area contributed by atoms with E-state index in [4.69, 9.17) is 0 Å². The molecule has 0 amide bonds. The summed E-state index contributed by atoms with van der Waals surface area (Å²) in [6.07, 6.45) is 8.20. The van der Waals surface area contributed by atoms with E-state index in [0.29, 0.717) is 0 Å². The van der Waals surface area contributed by atoms with Gasteiger partial charge in [-0.2, -0.15) is 0 Å². The van der Waals surface area contributed by atoms with Gasteiger partial charge in [-0.25, -0.2) is 4.98 Å². The molecule has 0 bridgehead atoms. The summed E-state index contributed by atoms with van der Waals surface area (Å²) in [4.78, 5) is 7.04. The van der Waals surface area contributed by atoms with Gasteiger partial charge in [-0.05, 0) is 25.5 Å². The predicted octanol–water partition coefficient (Wildman–Crippen LogP) is 1.18. The first-order valence-electron chi connectivity index (χ1n) is 4.34. The van der Waals surface area contributed by atoms with Gasteiger partial charge in [-0.15, -0.1) is 0 Å². The van der Waals surface area contributed by atoms with Crippen LogP contribution in [-0.4, -0.2) is 23.1 Å². The van der Waals surface area contributed by atoms with Crippen molar-refractivity contribution in [2.75, 3.05) is 13.1 Å². The number of H-pyrrole nitrogens is 1. The number of piperidine rings is 1. The molecule has 0 saturated carbocycles. The highest BCUT2D eigenvalue weighted by molar-refractivity contribution is 5.48. The Kier molecular flexibility index (Phi) is 2.23. The fraction of sp³-hybridized carbons (Fsp3) is 0.444. The second kappa shape index (κ2) is 3.54. The summed E-state index contributed by atoms with van der Waals surface area (Å²) in [6, 6.07) is 0. The Bertz CT molecular complexity index is 253. The molecule has 0 atom stereocenters. The zero-order chi connectivity index (χ0) is 8.23. The number of hydrogen-bond acceptors (Lipinski definition) is 2. The fourth-order valence-electron chi connectivity index (χ4n) is 1.47. The van der Waals surface area contributed by atoms with Crippen LogP contribution in [0.15, 0.2) is 18.1 Å². The standard InChI is InChI=1S/C9H13N3/c1-2-8(5-10-3-1)4-9-6-11-7-12-9/h4,6-7,10H,1-3,5H2,(H,11,12)/b8-4+. The van der Waals surface area contributed by atoms with E-state index in [1.807, 2.05) is 6.20 Å². The molecule has 1 aliphatic rings. The van der Waals surface area contributed by atoms with Crippen LogP contribution < -0.4 is 5.32 Å². The van der Waals surface area contributed by atoms with Gasteiger partial charge in [0.05, 0.1) is 18.2 Å². The van der Waals surface area contributed by atoms with Crippen LogP contribution in [0, 0.1) is 0 Å². The summed E-state index contributed by atoms with van der Waals surface area (Å²) in [5.41, 5.74) is 2.57. The van der Waals surface area contributed by atoms with Crippen molar-refractivity contribution in [3.05, 3.63) is 23.8 Å². The van der Waals surface area contributed by atoms with Crippen molar-refractivity contribution >= 4 is 6.08 Å². The zero-order valence-corrected chi connectivity index (χ0v) is 7.01. The first-order valence-corrected chi connectivity index (χ1v) is 4.34. The van der Waals surface area contributed by atoms with E-state index in [1.54, 1.807) is 6.33 Å². The predicted molar refractivity (Wildman–Crippen MR) is 48.7 cm³/mol. The maximum Gasteiger partial charge on any atom is 0.0924 e. The lowest BCUT2D eigenvalue weighted by Gasteiger charge is -2.14. The summed E-state index contributed by atoms with van der Waals surface area (Å²) >= 11 is 0. The molecule has 0 unspecified atom stereocenters. The van der Waals surface area contributed by atoms with Crippen molar-refractivity contribution in [3.63, 3.8) is 0 Å². The van der Waals surface area contributed by atoms with Gasteiger partial charge in [0, 0.05) is 6.54 Å². The zero-order valence-electron chi connectivity index (χ0n) is 7.01. The first kappa shape index (κ1) is 7.55. The van der Waals surface area contributed by atoms with E-state index < -0.39 is 0 Å². The number of nitrogens with one attached hydrogen (secondary N) is 2. The van der Waals surface area contributed by atoms with Gasteiger partial charge < -0.3 is 10.3 Å². The van der Waals surface area contributed by atoms with Gasteiger partial charge in [-0.3, -0.25) is 0 Å². The van der Waals surface area contributed by atoms with Crippen molar-refractivity contribution < 1.29 is 0 Å². The van der Waals surface area contributed by atoms with Crippen LogP contribution in [0.25, 0.3) is 6.08 Å². The van der Waals surface area contributed by atoms with Crippen molar-refractivity contribution in [2.24, 2.45) is 0 Å². The Morgan fingerprint density at radius 3 is 3.17 bits per heavy atom. The fourth-order valence-corrected chi connectivity index (χ4v) is 1.47. The molecule has 1 fully saturated rings. The van der Waals surface area contributed by atoms with E-state index >= 15 is 0 Å². The van der Waals surface area contributed by atoms with Gasteiger partial charge in [-0.1, -0.05) is 5.57 Å². The Morgan fingerprint density at radius 2 is 2.50 bits per heavy atom. The van der Waals surface area contributed by atoms with E-state index in [2.05, 4.69) is 21.4 Å². The summed E-state index contributed by atoms with van der Waals surface area (Å²) in [5, 5.41) is 3.34. The minimum atomic E-state index is 1.03. The molecule has 1 aromatic heterocycles. The normalized spacial score (nSPS) is 21.5. The van der Waals surface area contributed by atoms with Gasteiger partial charge >= 0.3 is 0 Å². The molecule has 2 N–H and O–H groups in total. The highest BCUT2D eigenvalue weighted by Crippen LogP contribution is 2.11. The van der Waals surface area contributed by atoms with Crippen LogP contribution in [0.2, 0.25) is 0 Å². The van der Waals surface area contributed by atoms with E-state index in [-0.39, 0.29) is 0 Å². The lowest BCUT2D eigenvalue weighted by molar-refractivity contribution is 0.613. The average Bonchev–Trinajstić information content (AvgIpc) is 2.59. The molecular weight excluding hydrogens is 150 g/mol. The Morgan fingerprint density at radius 1 is 1.50 bits per heavy atom. The molecule has 64 valence electrons. The summed E-state index contributed by atoms with van der Waals surface area (Å²) in [6.45, 7) is 2.18. The van der Waals surface area contributed by atoms with Crippen LogP contribution in [-0.2, 0) is 0 Å². The minimum Gasteiger partial charge on any atom is -0.345 e. The summed E-state index contributed by atoms with van der Waals surface area (Å²) in [5.74, 6) is 0. The Balaban J connectivity index is 2.07. The van der Waals surface area contributed by atoms with E-state index in [9.17, 15) is 0 Å². The molecule has 2 rings (SSSR count). The highest BCUT2D eigenvalue weighted by Gasteiger charge is 2.03. The minimum absolute atomic E-state index is 1.03. The first-order chi connectivity index (χ1) is 5.95. The lowest BCUT2D eigenvalue weighted by Crippen LogP contribution is -2.23. The molecule has 3 heteroatoms. The van der Waals surface area contributed by atoms with Crippen LogP contribution in [0.4, 0.5) is 0 Å². The molecule has 12 heavy (non-hydrogen) atoms. The lowest BCUT2D eigenvalue weighted by atomic mass is 10.1. The van der Waals surface area contributed by atoms with Crippen molar-refractivity contribution in [3.8, 4) is 0 Å². The second-order valence-electron chi connectivity index (χ2n) is 3.09. The third-order valence-electron chi connectivity index (χ3n) is 2.08. The number of nitrogens with zero attached hydrogens (tertiary/aromatic N) is 1. The molecule has 1 saturated heterocycles. The molecular formula is C9H13N3. The van der Waals surface area contributed by atoms with Crippen LogP contribution in [0.5, 0.6) is 0 Å². The molecule has 0 aliphatic carbocycles. The second-order valence-corrected chi connectivity index (χ2v) is 3.09. The van der Waals surface area contributed by atoms with Crippen molar-refractivity contribution in [1.29, 1.82) is 0 Å². The van der Waals surface area contributed by atoms with Gasteiger partial charge in [0.15, 0.2) is 0 Å². The third kappa shape index (κ3) is 1.74. The van der Waals surface area contributed by atoms with E-state index in [1.165, 1.54) is 18.4 Å². The number of aromatic nitrogens is 2. The van der Waals surface area contributed by atoms with Crippen molar-refractivity contribution in [1.82, 2.24) is 15.3 Å². The highest BCUT2D eigenvalue weighted by atomic mass is 14.9. The number of hydrogen-bond donors (Lipinski definition) is 2. The summed E-state index contributed by atoms with van der Waals surface area (Å²) in [7, 11) is 0. The molecule has 0 radical (unpaired) electrons. The molecule has 0 spiro atoms. The topological polar surface area (TPSA) is 40.7 Å². The number of rotatable bonds is 1. The Labute approximate surface area is 71.9 Å². The SMILES string of the molecule is C(=C1/CCCNC1)/c1cnc[nH]1. The van der Waals surface area contributed by atoms with Crippen LogP contribution in [0.1, 0.15) is 18.5 Å². The summed E-state index contributed by atoms with van der Waals surface area (Å²) < 4.78 is 0. The van der Waals surface area contributed by atoms with Crippen LogP contribution >= 0.6 is 0 Å². The molecule has 0 aromatic carbocycles. The number of aromatic amines is 1. The monoisotopic (exact) mass is 163 g/mol. The van der Waals surface area contributed by atoms with Gasteiger partial charge in [0.1, 0.15) is 0 Å². The smallest absolute Gasteiger partial charge is 0.0924 e. The van der Waals surface area contributed by atoms with Gasteiger partial charge in [0.25, 0.3) is 0 Å². The van der Waals surface area contributed by atoms with E-state index in [0.717, 1.165) is 18.8 Å². The molecule has 1 aliphatic heterocycles. The maximum atomic E-state index is 3.97. The van der Waals surface area contributed by atoms with Crippen LogP contribution in [0.3, 0.4) is 0 Å². The molecule has 1 aromatic rings. The third-order valence-corrected chi connectivity index (χ3v) is 2.08. The maximum absolute atomic E-state index is 3.97. The van der Waals surface area contributed by atoms with Crippen molar-refractivity contribution in [2.45, 2.75) is 12.8 Å². The quantitative estimate of drug-likeness (QED) is 0.652. The Hall–Kier alpha value is -1.09. The largest absolute Gasteiger partial charge is 0.345 e. The number of imidazole rings is 1. The van der Waals surface area contributed by atoms with Gasteiger partial charge in [0.2, 0.25) is 0 Å². The molecule has 2 heterocycles. The molecule has 3 nitrogen and oxygen atoms in total. The average molecular weight is 163 g/mol.